The maximum absolute atomic E-state index is 13.8. The van der Waals surface area contributed by atoms with Crippen LogP contribution in [0.5, 0.6) is 5.75 Å². The van der Waals surface area contributed by atoms with Crippen LogP contribution in [-0.2, 0) is 13.2 Å². The highest BCUT2D eigenvalue weighted by atomic mass is 79.9. The Labute approximate surface area is 190 Å². The van der Waals surface area contributed by atoms with Crippen LogP contribution in [0.2, 0.25) is 0 Å². The van der Waals surface area contributed by atoms with Crippen LogP contribution in [-0.4, -0.2) is 38.7 Å². The summed E-state index contributed by atoms with van der Waals surface area (Å²) in [5, 5.41) is 11.2. The number of aryl methyl sites for hydroxylation is 1. The Balaban J connectivity index is 1.75. The lowest BCUT2D eigenvalue weighted by Gasteiger charge is -2.14. The zero-order chi connectivity index (χ0) is 23.3. The summed E-state index contributed by atoms with van der Waals surface area (Å²) >= 11 is 3.22. The summed E-state index contributed by atoms with van der Waals surface area (Å²) in [7, 11) is 0. The molecule has 2 N–H and O–H groups in total. The van der Waals surface area contributed by atoms with Crippen molar-refractivity contribution < 1.29 is 23.4 Å². The summed E-state index contributed by atoms with van der Waals surface area (Å²) in [6.07, 6.45) is 2.67. The van der Waals surface area contributed by atoms with Crippen LogP contribution in [0.1, 0.15) is 27.4 Å². The summed E-state index contributed by atoms with van der Waals surface area (Å²) in [4.78, 5) is 32.8. The van der Waals surface area contributed by atoms with Gasteiger partial charge in [-0.3, -0.25) is 14.6 Å². The maximum Gasteiger partial charge on any atom is 0.271 e. The number of nitrogens with zero attached hydrogens (tertiary/aromatic N) is 3. The van der Waals surface area contributed by atoms with Gasteiger partial charge in [0.15, 0.2) is 0 Å². The molecule has 0 fully saturated rings. The molecule has 1 amide bonds. The van der Waals surface area contributed by atoms with Gasteiger partial charge in [0.25, 0.3) is 11.5 Å². The number of halogens is 3. The van der Waals surface area contributed by atoms with Gasteiger partial charge in [-0.15, -0.1) is 0 Å². The fourth-order valence-corrected chi connectivity index (χ4v) is 3.23. The van der Waals surface area contributed by atoms with Crippen molar-refractivity contribution in [3.8, 4) is 5.75 Å². The van der Waals surface area contributed by atoms with Gasteiger partial charge in [-0.25, -0.2) is 13.8 Å². The normalized spacial score (nSPS) is 10.8. The van der Waals surface area contributed by atoms with E-state index in [2.05, 4.69) is 31.2 Å². The molecule has 0 bridgehead atoms. The van der Waals surface area contributed by atoms with E-state index in [4.69, 9.17) is 9.84 Å². The number of hydrogen-bond acceptors (Lipinski definition) is 6. The summed E-state index contributed by atoms with van der Waals surface area (Å²) < 4.78 is 34.0. The van der Waals surface area contributed by atoms with Crippen molar-refractivity contribution >= 4 is 21.8 Å². The van der Waals surface area contributed by atoms with Crippen LogP contribution < -0.4 is 15.6 Å². The first-order valence-electron chi connectivity index (χ1n) is 9.46. The molecule has 8 nitrogen and oxygen atoms in total. The molecule has 11 heteroatoms. The molecule has 3 aromatic rings. The summed E-state index contributed by atoms with van der Waals surface area (Å²) in [6.45, 7) is 1.53. The maximum atomic E-state index is 13.8. The van der Waals surface area contributed by atoms with Crippen molar-refractivity contribution in [2.75, 3.05) is 13.2 Å². The number of aliphatic hydroxyl groups is 1. The van der Waals surface area contributed by atoms with Crippen molar-refractivity contribution in [1.29, 1.82) is 0 Å². The molecule has 0 aliphatic carbocycles. The van der Waals surface area contributed by atoms with Crippen molar-refractivity contribution in [1.82, 2.24) is 19.9 Å². The number of pyridine rings is 1. The molecule has 168 valence electrons. The first-order chi connectivity index (χ1) is 15.3. The second kappa shape index (κ2) is 10.4. The fraction of sp³-hybridized carbons (Fsp3) is 0.238. The van der Waals surface area contributed by atoms with Gasteiger partial charge >= 0.3 is 0 Å². The molecular formula is C21H19BrF2N4O4. The lowest BCUT2D eigenvalue weighted by Crippen LogP contribution is -2.28. The number of ether oxygens (including phenoxy) is 1. The number of hydrogen-bond donors (Lipinski definition) is 2. The zero-order valence-corrected chi connectivity index (χ0v) is 18.5. The van der Waals surface area contributed by atoms with E-state index < -0.39 is 23.1 Å². The van der Waals surface area contributed by atoms with Crippen molar-refractivity contribution in [3.63, 3.8) is 0 Å². The number of amides is 1. The highest BCUT2D eigenvalue weighted by Gasteiger charge is 2.15. The van der Waals surface area contributed by atoms with E-state index >= 15 is 0 Å². The Morgan fingerprint density at radius 1 is 1.25 bits per heavy atom. The highest BCUT2D eigenvalue weighted by molar-refractivity contribution is 9.10. The fourth-order valence-electron chi connectivity index (χ4n) is 2.79. The predicted octanol–water partition coefficient (Wildman–Crippen LogP) is 2.34. The number of carbonyl (C=O) groups is 1. The number of benzene rings is 1. The third-order valence-electron chi connectivity index (χ3n) is 4.47. The van der Waals surface area contributed by atoms with E-state index in [-0.39, 0.29) is 47.8 Å². The molecule has 2 heterocycles. The van der Waals surface area contributed by atoms with E-state index in [9.17, 15) is 18.4 Å². The van der Waals surface area contributed by atoms with Gasteiger partial charge in [0.1, 0.15) is 34.2 Å². The Kier molecular flexibility index (Phi) is 7.65. The van der Waals surface area contributed by atoms with Gasteiger partial charge in [-0.05, 0) is 35.0 Å². The average molecular weight is 509 g/mol. The lowest BCUT2D eigenvalue weighted by molar-refractivity contribution is 0.0939. The van der Waals surface area contributed by atoms with Gasteiger partial charge in [-0.2, -0.15) is 0 Å². The third kappa shape index (κ3) is 5.54. The Morgan fingerprint density at radius 3 is 2.69 bits per heavy atom. The quantitative estimate of drug-likeness (QED) is 0.483. The van der Waals surface area contributed by atoms with Crippen LogP contribution in [0.3, 0.4) is 0 Å². The van der Waals surface area contributed by atoms with Crippen molar-refractivity contribution in [3.05, 3.63) is 85.8 Å². The van der Waals surface area contributed by atoms with E-state index in [0.29, 0.717) is 11.4 Å². The molecule has 0 radical (unpaired) electrons. The van der Waals surface area contributed by atoms with Crippen LogP contribution >= 0.6 is 15.9 Å². The molecular weight excluding hydrogens is 490 g/mol. The molecule has 2 aromatic heterocycles. The van der Waals surface area contributed by atoms with Gasteiger partial charge in [-0.1, -0.05) is 0 Å². The molecule has 1 aromatic carbocycles. The number of aromatic nitrogens is 3. The van der Waals surface area contributed by atoms with Crippen LogP contribution in [0.25, 0.3) is 0 Å². The highest BCUT2D eigenvalue weighted by Crippen LogP contribution is 2.24. The monoisotopic (exact) mass is 508 g/mol. The number of nitrogens with one attached hydrogen (secondary N) is 1. The second-order valence-corrected chi connectivity index (χ2v) is 7.55. The van der Waals surface area contributed by atoms with E-state index in [1.165, 1.54) is 23.0 Å². The van der Waals surface area contributed by atoms with Crippen molar-refractivity contribution in [2.24, 2.45) is 0 Å². The first kappa shape index (κ1) is 23.5. The Morgan fingerprint density at radius 2 is 2.03 bits per heavy atom. The van der Waals surface area contributed by atoms with Gasteiger partial charge in [0, 0.05) is 29.9 Å². The van der Waals surface area contributed by atoms with Gasteiger partial charge in [0.2, 0.25) is 0 Å². The number of carbonyl (C=O) groups excluding carboxylic acids is 1. The topological polar surface area (TPSA) is 106 Å². The second-order valence-electron chi connectivity index (χ2n) is 6.75. The first-order valence-corrected chi connectivity index (χ1v) is 10.3. The minimum Gasteiger partial charge on any atom is -0.487 e. The molecule has 0 unspecified atom stereocenters. The van der Waals surface area contributed by atoms with E-state index in [1.54, 1.807) is 13.0 Å². The van der Waals surface area contributed by atoms with Gasteiger partial charge < -0.3 is 19.7 Å². The summed E-state index contributed by atoms with van der Waals surface area (Å²) in [5.41, 5.74) is 0.844. The lowest BCUT2D eigenvalue weighted by atomic mass is 10.2. The molecule has 0 spiro atoms. The molecule has 0 saturated carbocycles. The van der Waals surface area contributed by atoms with Crippen LogP contribution in [0, 0.1) is 18.6 Å². The zero-order valence-electron chi connectivity index (χ0n) is 16.9. The molecule has 0 saturated heterocycles. The SMILES string of the molecule is Cc1cc(OCc2ccc(F)cc2F)c(Br)c(=O)n1Cc1cnc(C(=O)NCCO)cn1. The molecule has 32 heavy (non-hydrogen) atoms. The standard InChI is InChI=1S/C21H19BrF2N4O4/c1-12-6-18(32-11-13-2-3-14(23)7-16(13)24)19(22)21(31)28(12)10-15-8-27-17(9-26-15)20(30)25-4-5-29/h2-3,6-9,29H,4-5,10-11H2,1H3,(H,25,30). The molecule has 0 aliphatic heterocycles. The van der Waals surface area contributed by atoms with Crippen LogP contribution in [0.15, 0.2) is 45.9 Å². The van der Waals surface area contributed by atoms with Gasteiger partial charge in [0.05, 0.1) is 31.2 Å². The Bertz CT molecular complexity index is 1190. The van der Waals surface area contributed by atoms with E-state index in [0.717, 1.165) is 12.1 Å². The minimum absolute atomic E-state index is 0.0872. The smallest absolute Gasteiger partial charge is 0.271 e. The van der Waals surface area contributed by atoms with E-state index in [1.807, 2.05) is 0 Å². The number of aliphatic hydroxyl groups excluding tert-OH is 1. The third-order valence-corrected chi connectivity index (χ3v) is 5.20. The summed E-state index contributed by atoms with van der Waals surface area (Å²) in [6, 6.07) is 4.78. The molecule has 0 atom stereocenters. The van der Waals surface area contributed by atoms with Crippen molar-refractivity contribution in [2.45, 2.75) is 20.1 Å². The molecule has 0 aliphatic rings. The predicted molar refractivity (Wildman–Crippen MR) is 114 cm³/mol. The van der Waals surface area contributed by atoms with Crippen LogP contribution in [0.4, 0.5) is 8.78 Å². The molecule has 3 rings (SSSR count). The number of rotatable bonds is 8. The Hall–Kier alpha value is -3.18. The minimum atomic E-state index is -0.738. The summed E-state index contributed by atoms with van der Waals surface area (Å²) in [5.74, 6) is -1.67. The largest absolute Gasteiger partial charge is 0.487 e. The average Bonchev–Trinajstić information content (AvgIpc) is 2.78.